The van der Waals surface area contributed by atoms with Gasteiger partial charge in [-0.05, 0) is 65.4 Å². The van der Waals surface area contributed by atoms with Crippen LogP contribution >= 0.6 is 24.1 Å². The van der Waals surface area contributed by atoms with Crippen LogP contribution in [0.15, 0.2) is 81.5 Å². The zero-order valence-electron chi connectivity index (χ0n) is 20.6. The van der Waals surface area contributed by atoms with Crippen molar-refractivity contribution < 1.29 is 98.8 Å². The summed E-state index contributed by atoms with van der Waals surface area (Å²) in [5.41, 5.74) is 1.13. The molecule has 4 aromatic rings. The Kier molecular flexibility index (Phi) is 15.5. The molecule has 13 nitrogen and oxygen atoms in total. The standard InChI is InChI=1S/C20H16N4O9S3.3Li/c25-30-32-34-15-10-12-9-14(3-6-17(12)18(11-15)35-33-31-26)23-20-21-8-7-19(24-20)22-13-1-4-16(5-2-13)36(27,28)29;;;/h1-11,25-26H,(H,27,28,29)(H2,21,22,23,24);;;/q;3*+1/p-3. The van der Waals surface area contributed by atoms with Crippen molar-refractivity contribution >= 4 is 68.1 Å². The van der Waals surface area contributed by atoms with Gasteiger partial charge in [0, 0.05) is 27.4 Å². The van der Waals surface area contributed by atoms with Gasteiger partial charge in [0.05, 0.1) is 29.0 Å². The summed E-state index contributed by atoms with van der Waals surface area (Å²) in [5, 5.41) is 34.7. The number of nitrogens with one attached hydrogen (secondary N) is 2. The second kappa shape index (κ2) is 16.9. The molecule has 0 bridgehead atoms. The van der Waals surface area contributed by atoms with Crippen LogP contribution in [0.5, 0.6) is 0 Å². The molecule has 1 aromatic heterocycles. The van der Waals surface area contributed by atoms with Crippen molar-refractivity contribution in [3.05, 3.63) is 66.9 Å². The van der Waals surface area contributed by atoms with Crippen LogP contribution in [0, 0.1) is 0 Å². The summed E-state index contributed by atoms with van der Waals surface area (Å²) < 4.78 is 42.0. The largest absolute Gasteiger partial charge is 1.00 e. The van der Waals surface area contributed by atoms with E-state index >= 15 is 0 Å². The van der Waals surface area contributed by atoms with E-state index in [1.807, 2.05) is 0 Å². The fraction of sp³-hybridized carbons (Fsp3) is 0. The van der Waals surface area contributed by atoms with Crippen molar-refractivity contribution in [1.29, 1.82) is 0 Å². The van der Waals surface area contributed by atoms with Crippen molar-refractivity contribution in [1.82, 2.24) is 9.97 Å². The Morgan fingerprint density at radius 2 is 1.46 bits per heavy atom. The van der Waals surface area contributed by atoms with E-state index in [-0.39, 0.29) is 67.4 Å². The summed E-state index contributed by atoms with van der Waals surface area (Å²) in [4.78, 5) is 9.23. The first kappa shape index (κ1) is 35.8. The summed E-state index contributed by atoms with van der Waals surface area (Å²) >= 11 is 1.36. The number of rotatable bonds is 11. The SMILES string of the molecule is O=S(=O)([O-])c1ccc(Nc2ccnc(Nc3ccc4c(SOO[O-])cc(SOO[O-])cc4c3)n2)cc1.[Li+].[Li+].[Li+]. The Hall–Kier alpha value is -1.24. The van der Waals surface area contributed by atoms with E-state index in [0.29, 0.717) is 56.5 Å². The van der Waals surface area contributed by atoms with E-state index in [2.05, 4.69) is 39.3 Å². The van der Waals surface area contributed by atoms with Crippen molar-refractivity contribution in [2.45, 2.75) is 14.7 Å². The molecule has 19 heteroatoms. The number of hydrogen-bond acceptors (Lipinski definition) is 15. The molecular formula is C20H13Li3N4O9S3. The minimum Gasteiger partial charge on any atom is -0.744 e. The number of hydrogen-bond donors (Lipinski definition) is 2. The molecule has 0 aliphatic rings. The zero-order chi connectivity index (χ0) is 25.5. The van der Waals surface area contributed by atoms with Gasteiger partial charge in [-0.1, -0.05) is 6.07 Å². The number of nitrogens with zero attached hydrogens (tertiary/aromatic N) is 2. The first-order valence-electron chi connectivity index (χ1n) is 9.63. The number of fused-ring (bicyclic) bond motifs is 1. The molecule has 39 heavy (non-hydrogen) atoms. The molecule has 2 N–H and O–H groups in total. The molecule has 4 rings (SSSR count). The number of anilines is 4. The normalized spacial score (nSPS) is 10.6. The molecule has 0 fully saturated rings. The van der Waals surface area contributed by atoms with Crippen LogP contribution in [0.25, 0.3) is 10.8 Å². The Balaban J connectivity index is 0.00000253. The maximum absolute atomic E-state index is 11.1. The minimum atomic E-state index is -4.53. The van der Waals surface area contributed by atoms with Crippen LogP contribution in [-0.4, -0.2) is 22.9 Å². The molecule has 1 heterocycles. The Morgan fingerprint density at radius 1 is 0.795 bits per heavy atom. The van der Waals surface area contributed by atoms with Crippen LogP contribution in [0.1, 0.15) is 0 Å². The molecule has 188 valence electrons. The van der Waals surface area contributed by atoms with Gasteiger partial charge >= 0.3 is 56.6 Å². The van der Waals surface area contributed by atoms with E-state index in [0.717, 1.165) is 5.39 Å². The van der Waals surface area contributed by atoms with Crippen molar-refractivity contribution in [3.63, 3.8) is 0 Å². The van der Waals surface area contributed by atoms with E-state index in [1.54, 1.807) is 36.4 Å². The summed E-state index contributed by atoms with van der Waals surface area (Å²) in [6, 6.07) is 15.5. The van der Waals surface area contributed by atoms with Crippen LogP contribution in [-0.2, 0) is 28.9 Å². The van der Waals surface area contributed by atoms with Crippen LogP contribution < -0.4 is 77.7 Å². The molecule has 0 saturated carbocycles. The van der Waals surface area contributed by atoms with Gasteiger partial charge in [0.2, 0.25) is 5.95 Å². The number of benzene rings is 3. The Bertz CT molecular complexity index is 1470. The van der Waals surface area contributed by atoms with Gasteiger partial charge < -0.3 is 25.7 Å². The fourth-order valence-corrected chi connectivity index (χ4v) is 4.62. The van der Waals surface area contributed by atoms with Gasteiger partial charge in [-0.2, -0.15) is 13.7 Å². The summed E-state index contributed by atoms with van der Waals surface area (Å²) in [6.07, 6.45) is 1.51. The second-order valence-electron chi connectivity index (χ2n) is 6.79. The summed E-state index contributed by atoms with van der Waals surface area (Å²) in [6.45, 7) is 0. The quantitative estimate of drug-likeness (QED) is 0.0569. The van der Waals surface area contributed by atoms with Crippen LogP contribution in [0.3, 0.4) is 0 Å². The van der Waals surface area contributed by atoms with Gasteiger partial charge in [-0.15, -0.1) is 0 Å². The van der Waals surface area contributed by atoms with Crippen molar-refractivity contribution in [2.75, 3.05) is 10.6 Å². The van der Waals surface area contributed by atoms with Crippen LogP contribution in [0.4, 0.5) is 23.1 Å². The van der Waals surface area contributed by atoms with Crippen LogP contribution in [0.2, 0.25) is 0 Å². The fourth-order valence-electron chi connectivity index (χ4n) is 3.08. The minimum absolute atomic E-state index is 0. The van der Waals surface area contributed by atoms with Gasteiger partial charge in [0.1, 0.15) is 15.9 Å². The molecule has 3 aromatic carbocycles. The smallest absolute Gasteiger partial charge is 0.744 e. The van der Waals surface area contributed by atoms with Gasteiger partial charge in [-0.3, -0.25) is 10.1 Å². The zero-order valence-corrected chi connectivity index (χ0v) is 23.1. The molecule has 0 radical (unpaired) electrons. The molecule has 0 aliphatic heterocycles. The Labute approximate surface area is 267 Å². The first-order chi connectivity index (χ1) is 17.4. The maximum Gasteiger partial charge on any atom is 1.00 e. The van der Waals surface area contributed by atoms with E-state index in [1.165, 1.54) is 30.5 Å². The predicted molar refractivity (Wildman–Crippen MR) is 123 cm³/mol. The summed E-state index contributed by atoms with van der Waals surface area (Å²) in [7, 11) is -4.53. The maximum atomic E-state index is 11.1. The average molecular weight is 570 g/mol. The molecule has 0 amide bonds. The van der Waals surface area contributed by atoms with Crippen molar-refractivity contribution in [2.24, 2.45) is 0 Å². The monoisotopic (exact) mass is 570 g/mol. The second-order valence-corrected chi connectivity index (χ2v) is 9.69. The van der Waals surface area contributed by atoms with E-state index < -0.39 is 10.1 Å². The summed E-state index contributed by atoms with van der Waals surface area (Å²) in [5.74, 6) is 0.664. The molecule has 0 atom stereocenters. The average Bonchev–Trinajstić information content (AvgIpc) is 2.86. The third-order valence-corrected chi connectivity index (χ3v) is 6.57. The molecule has 0 saturated heterocycles. The molecule has 0 spiro atoms. The first-order valence-corrected chi connectivity index (χ1v) is 12.5. The molecule has 0 unspecified atom stereocenters. The third kappa shape index (κ3) is 10.3. The third-order valence-electron chi connectivity index (χ3n) is 4.52. The van der Waals surface area contributed by atoms with E-state index in [4.69, 9.17) is 0 Å². The predicted octanol–water partition coefficient (Wildman–Crippen LogP) is -6.51. The van der Waals surface area contributed by atoms with E-state index in [9.17, 15) is 23.5 Å². The molecule has 0 aliphatic carbocycles. The number of aromatic nitrogens is 2. The van der Waals surface area contributed by atoms with Gasteiger partial charge in [-0.25, -0.2) is 13.4 Å². The molecular weight excluding hydrogens is 557 g/mol. The van der Waals surface area contributed by atoms with Crippen molar-refractivity contribution in [3.8, 4) is 0 Å². The topological polar surface area (TPSA) is 190 Å². The van der Waals surface area contributed by atoms with Gasteiger partial charge in [0.25, 0.3) is 0 Å². The van der Waals surface area contributed by atoms with Gasteiger partial charge in [0.15, 0.2) is 0 Å². The Morgan fingerprint density at radius 3 is 2.13 bits per heavy atom.